The van der Waals surface area contributed by atoms with E-state index in [-0.39, 0.29) is 0 Å². The van der Waals surface area contributed by atoms with Crippen molar-refractivity contribution >= 4 is 5.52 Å². The van der Waals surface area contributed by atoms with Crippen LogP contribution in [0.4, 0.5) is 0 Å². The molecule has 0 bridgehead atoms. The molecule has 3 rings (SSSR count). The van der Waals surface area contributed by atoms with Crippen molar-refractivity contribution in [2.45, 2.75) is 19.8 Å². The Bertz CT molecular complexity index is 635. The monoisotopic (exact) mass is 226 g/mol. The zero-order valence-electron chi connectivity index (χ0n) is 9.88. The molecule has 0 spiro atoms. The van der Waals surface area contributed by atoms with E-state index in [9.17, 15) is 0 Å². The SMILES string of the molecule is CC(C)c1cccn2ncc(-c3ccn[nH]3)c12. The molecule has 0 unspecified atom stereocenters. The van der Waals surface area contributed by atoms with Gasteiger partial charge in [-0.05, 0) is 23.6 Å². The molecular formula is C13H14N4. The third-order valence-corrected chi connectivity index (χ3v) is 2.98. The molecule has 0 aliphatic heterocycles. The lowest BCUT2D eigenvalue weighted by Gasteiger charge is -2.08. The van der Waals surface area contributed by atoms with E-state index in [1.165, 1.54) is 5.56 Å². The van der Waals surface area contributed by atoms with E-state index >= 15 is 0 Å². The molecular weight excluding hydrogens is 212 g/mol. The molecule has 17 heavy (non-hydrogen) atoms. The molecule has 3 aromatic rings. The van der Waals surface area contributed by atoms with Crippen molar-refractivity contribution in [3.05, 3.63) is 42.4 Å². The number of rotatable bonds is 2. The minimum atomic E-state index is 0.470. The molecule has 4 nitrogen and oxygen atoms in total. The fourth-order valence-corrected chi connectivity index (χ4v) is 2.14. The van der Waals surface area contributed by atoms with E-state index in [1.54, 1.807) is 6.20 Å². The first-order chi connectivity index (χ1) is 8.27. The van der Waals surface area contributed by atoms with E-state index < -0.39 is 0 Å². The number of aromatic nitrogens is 4. The van der Waals surface area contributed by atoms with Crippen molar-refractivity contribution in [1.29, 1.82) is 0 Å². The van der Waals surface area contributed by atoms with Gasteiger partial charge >= 0.3 is 0 Å². The minimum absolute atomic E-state index is 0.470. The van der Waals surface area contributed by atoms with Crippen molar-refractivity contribution in [3.8, 4) is 11.3 Å². The van der Waals surface area contributed by atoms with Crippen molar-refractivity contribution < 1.29 is 0 Å². The van der Waals surface area contributed by atoms with Gasteiger partial charge in [-0.15, -0.1) is 0 Å². The third-order valence-electron chi connectivity index (χ3n) is 2.98. The van der Waals surface area contributed by atoms with Crippen molar-refractivity contribution in [2.24, 2.45) is 0 Å². The largest absolute Gasteiger partial charge is 0.278 e. The van der Waals surface area contributed by atoms with Crippen LogP contribution in [0.1, 0.15) is 25.3 Å². The molecule has 3 heterocycles. The number of pyridine rings is 1. The summed E-state index contributed by atoms with van der Waals surface area (Å²) in [7, 11) is 0. The second-order valence-corrected chi connectivity index (χ2v) is 4.44. The first kappa shape index (κ1) is 10.1. The summed E-state index contributed by atoms with van der Waals surface area (Å²) in [5, 5.41) is 11.4. The van der Waals surface area contributed by atoms with Gasteiger partial charge in [0, 0.05) is 18.0 Å². The highest BCUT2D eigenvalue weighted by molar-refractivity contribution is 5.80. The number of hydrogen-bond donors (Lipinski definition) is 1. The fourth-order valence-electron chi connectivity index (χ4n) is 2.14. The van der Waals surface area contributed by atoms with Gasteiger partial charge in [0.1, 0.15) is 0 Å². The minimum Gasteiger partial charge on any atom is -0.278 e. The predicted octanol–water partition coefficient (Wildman–Crippen LogP) is 2.85. The van der Waals surface area contributed by atoms with Crippen LogP contribution in [-0.4, -0.2) is 19.8 Å². The van der Waals surface area contributed by atoms with Gasteiger partial charge in [-0.1, -0.05) is 19.9 Å². The lowest BCUT2D eigenvalue weighted by atomic mass is 10.0. The Labute approximate surface area is 99.3 Å². The van der Waals surface area contributed by atoms with Gasteiger partial charge in [-0.2, -0.15) is 10.2 Å². The van der Waals surface area contributed by atoms with E-state index in [4.69, 9.17) is 0 Å². The molecule has 0 atom stereocenters. The van der Waals surface area contributed by atoms with E-state index in [2.05, 4.69) is 35.2 Å². The zero-order valence-corrected chi connectivity index (χ0v) is 9.88. The Morgan fingerprint density at radius 2 is 2.18 bits per heavy atom. The smallest absolute Gasteiger partial charge is 0.0790 e. The Morgan fingerprint density at radius 3 is 2.88 bits per heavy atom. The van der Waals surface area contributed by atoms with Crippen molar-refractivity contribution in [1.82, 2.24) is 19.8 Å². The standard InChI is InChI=1S/C13H14N4/c1-9(2)10-4-3-7-17-13(10)11(8-15-17)12-5-6-14-16-12/h3-9H,1-2H3,(H,14,16). The third kappa shape index (κ3) is 1.53. The molecule has 0 fully saturated rings. The van der Waals surface area contributed by atoms with Gasteiger partial charge in [-0.3, -0.25) is 5.10 Å². The van der Waals surface area contributed by atoms with E-state index in [1.807, 2.05) is 29.0 Å². The van der Waals surface area contributed by atoms with Crippen LogP contribution in [0.25, 0.3) is 16.8 Å². The topological polar surface area (TPSA) is 46.0 Å². The van der Waals surface area contributed by atoms with Gasteiger partial charge in [0.15, 0.2) is 0 Å². The number of nitrogens with one attached hydrogen (secondary N) is 1. The summed E-state index contributed by atoms with van der Waals surface area (Å²) in [5.41, 5.74) is 4.57. The number of fused-ring (bicyclic) bond motifs is 1. The summed E-state index contributed by atoms with van der Waals surface area (Å²) in [6, 6.07) is 6.15. The van der Waals surface area contributed by atoms with E-state index in [0.29, 0.717) is 5.92 Å². The van der Waals surface area contributed by atoms with Crippen LogP contribution < -0.4 is 0 Å². The molecule has 86 valence electrons. The number of H-pyrrole nitrogens is 1. The predicted molar refractivity (Wildman–Crippen MR) is 66.9 cm³/mol. The average molecular weight is 226 g/mol. The summed E-state index contributed by atoms with van der Waals surface area (Å²) < 4.78 is 1.92. The maximum absolute atomic E-state index is 4.39. The Balaban J connectivity index is 2.33. The molecule has 1 N–H and O–H groups in total. The highest BCUT2D eigenvalue weighted by Crippen LogP contribution is 2.28. The molecule has 3 aromatic heterocycles. The molecule has 0 saturated carbocycles. The number of aromatic amines is 1. The highest BCUT2D eigenvalue weighted by atomic mass is 15.2. The maximum Gasteiger partial charge on any atom is 0.0790 e. The fraction of sp³-hybridized carbons (Fsp3) is 0.231. The van der Waals surface area contributed by atoms with Crippen LogP contribution in [0, 0.1) is 0 Å². The normalized spacial score (nSPS) is 11.5. The molecule has 0 aliphatic rings. The van der Waals surface area contributed by atoms with Gasteiger partial charge in [0.25, 0.3) is 0 Å². The molecule has 0 saturated heterocycles. The second-order valence-electron chi connectivity index (χ2n) is 4.44. The van der Waals surface area contributed by atoms with Gasteiger partial charge in [0.05, 0.1) is 17.4 Å². The van der Waals surface area contributed by atoms with Crippen LogP contribution >= 0.6 is 0 Å². The van der Waals surface area contributed by atoms with Crippen LogP contribution in [0.5, 0.6) is 0 Å². The van der Waals surface area contributed by atoms with Crippen molar-refractivity contribution in [2.75, 3.05) is 0 Å². The molecule has 0 aromatic carbocycles. The summed E-state index contributed by atoms with van der Waals surface area (Å²) >= 11 is 0. The van der Waals surface area contributed by atoms with Crippen LogP contribution in [0.15, 0.2) is 36.8 Å². The quantitative estimate of drug-likeness (QED) is 0.730. The maximum atomic E-state index is 4.39. The number of hydrogen-bond acceptors (Lipinski definition) is 2. The highest BCUT2D eigenvalue weighted by Gasteiger charge is 2.13. The summed E-state index contributed by atoms with van der Waals surface area (Å²) in [5.74, 6) is 0.470. The first-order valence-corrected chi connectivity index (χ1v) is 5.73. The summed E-state index contributed by atoms with van der Waals surface area (Å²) in [6.07, 6.45) is 5.62. The summed E-state index contributed by atoms with van der Waals surface area (Å²) in [6.45, 7) is 4.39. The van der Waals surface area contributed by atoms with Gasteiger partial charge in [0.2, 0.25) is 0 Å². The first-order valence-electron chi connectivity index (χ1n) is 5.73. The van der Waals surface area contributed by atoms with Gasteiger partial charge < -0.3 is 0 Å². The lowest BCUT2D eigenvalue weighted by molar-refractivity contribution is 0.853. The van der Waals surface area contributed by atoms with Crippen molar-refractivity contribution in [3.63, 3.8) is 0 Å². The second kappa shape index (κ2) is 3.73. The zero-order chi connectivity index (χ0) is 11.8. The summed E-state index contributed by atoms with van der Waals surface area (Å²) in [4.78, 5) is 0. The Kier molecular flexibility index (Phi) is 2.21. The van der Waals surface area contributed by atoms with Crippen LogP contribution in [0.3, 0.4) is 0 Å². The number of nitrogens with zero attached hydrogens (tertiary/aromatic N) is 3. The van der Waals surface area contributed by atoms with E-state index in [0.717, 1.165) is 16.8 Å². The van der Waals surface area contributed by atoms with Crippen LogP contribution in [0.2, 0.25) is 0 Å². The molecule has 0 radical (unpaired) electrons. The molecule has 0 amide bonds. The Hall–Kier alpha value is -2.10. The molecule has 4 heteroatoms. The Morgan fingerprint density at radius 1 is 1.29 bits per heavy atom. The van der Waals surface area contributed by atoms with Crippen LogP contribution in [-0.2, 0) is 0 Å². The molecule has 0 aliphatic carbocycles. The lowest BCUT2D eigenvalue weighted by Crippen LogP contribution is -1.95. The van der Waals surface area contributed by atoms with Gasteiger partial charge in [-0.25, -0.2) is 4.52 Å². The average Bonchev–Trinajstić information content (AvgIpc) is 2.96.